The molecule has 0 radical (unpaired) electrons. The van der Waals surface area contributed by atoms with Gasteiger partial charge in [0.05, 0.1) is 24.9 Å². The molecule has 166 valence electrons. The molecular formula is C22H17F4N3O2S. The van der Waals surface area contributed by atoms with Crippen molar-refractivity contribution in [2.24, 2.45) is 5.10 Å². The van der Waals surface area contributed by atoms with E-state index in [1.165, 1.54) is 42.8 Å². The van der Waals surface area contributed by atoms with Gasteiger partial charge in [-0.15, -0.1) is 11.3 Å². The van der Waals surface area contributed by atoms with Crippen LogP contribution in [0.4, 0.5) is 22.7 Å². The van der Waals surface area contributed by atoms with Crippen molar-refractivity contribution in [1.82, 2.24) is 4.98 Å². The van der Waals surface area contributed by atoms with Gasteiger partial charge in [0.25, 0.3) is 5.72 Å². The number of benzene rings is 2. The lowest BCUT2D eigenvalue weighted by Crippen LogP contribution is -2.55. The Kier molecular flexibility index (Phi) is 5.74. The lowest BCUT2D eigenvalue weighted by atomic mass is 10.1. The molecule has 5 nitrogen and oxygen atoms in total. The van der Waals surface area contributed by atoms with Gasteiger partial charge >= 0.3 is 6.18 Å². The van der Waals surface area contributed by atoms with E-state index in [2.05, 4.69) is 10.1 Å². The van der Waals surface area contributed by atoms with E-state index in [4.69, 9.17) is 4.74 Å². The summed E-state index contributed by atoms with van der Waals surface area (Å²) in [6.07, 6.45) is -2.71. The molecule has 1 N–H and O–H groups in total. The van der Waals surface area contributed by atoms with Gasteiger partial charge in [-0.1, -0.05) is 18.2 Å². The molecule has 2 aromatic carbocycles. The molecule has 0 fully saturated rings. The monoisotopic (exact) mass is 463 g/mol. The molecule has 1 aliphatic rings. The maximum Gasteiger partial charge on any atom is 0.438 e. The molecule has 4 rings (SSSR count). The largest absolute Gasteiger partial charge is 0.497 e. The minimum atomic E-state index is -4.98. The number of methoxy groups -OCH3 is 1. The summed E-state index contributed by atoms with van der Waals surface area (Å²) in [4.78, 5) is 4.19. The summed E-state index contributed by atoms with van der Waals surface area (Å²) in [5.41, 5.74) is -1.57. The number of hydrogen-bond acceptors (Lipinski definition) is 6. The van der Waals surface area contributed by atoms with Crippen molar-refractivity contribution < 1.29 is 27.4 Å². The highest BCUT2D eigenvalue weighted by Gasteiger charge is 2.62. The molecule has 0 aliphatic carbocycles. The molecular weight excluding hydrogens is 446 g/mol. The molecule has 1 atom stereocenters. The molecule has 3 aromatic rings. The van der Waals surface area contributed by atoms with Gasteiger partial charge < -0.3 is 9.84 Å². The summed E-state index contributed by atoms with van der Waals surface area (Å²) < 4.78 is 59.6. The number of anilines is 1. The van der Waals surface area contributed by atoms with Crippen LogP contribution in [0.5, 0.6) is 5.75 Å². The van der Waals surface area contributed by atoms with E-state index in [1.54, 1.807) is 30.3 Å². The predicted molar refractivity (Wildman–Crippen MR) is 115 cm³/mol. The van der Waals surface area contributed by atoms with Crippen LogP contribution in [-0.2, 0) is 0 Å². The molecule has 0 saturated carbocycles. The zero-order valence-electron chi connectivity index (χ0n) is 16.7. The first-order valence-electron chi connectivity index (χ1n) is 9.40. The first-order valence-corrected chi connectivity index (χ1v) is 10.3. The molecule has 0 bridgehead atoms. The molecule has 0 spiro atoms. The Hall–Kier alpha value is -3.24. The van der Waals surface area contributed by atoms with Crippen molar-refractivity contribution in [2.75, 3.05) is 12.1 Å². The highest BCUT2D eigenvalue weighted by Crippen LogP contribution is 2.44. The lowest BCUT2D eigenvalue weighted by molar-refractivity contribution is -0.254. The molecule has 0 saturated heterocycles. The van der Waals surface area contributed by atoms with Crippen LogP contribution in [0.2, 0.25) is 0 Å². The van der Waals surface area contributed by atoms with Crippen LogP contribution in [-0.4, -0.2) is 34.8 Å². The third-order valence-electron chi connectivity index (χ3n) is 4.86. The Balaban J connectivity index is 1.64. The minimum absolute atomic E-state index is 0.0409. The van der Waals surface area contributed by atoms with Gasteiger partial charge in [-0.25, -0.2) is 9.37 Å². The number of alkyl halides is 3. The SMILES string of the molecule is COc1ccc(C=CC2=NN(c3nc(-c4ccc(F)cc4)cs3)C(O)(C(F)(F)F)C2)cc1. The number of nitrogens with zero attached hydrogens (tertiary/aromatic N) is 3. The summed E-state index contributed by atoms with van der Waals surface area (Å²) in [7, 11) is 1.53. The Morgan fingerprint density at radius 2 is 1.78 bits per heavy atom. The molecule has 0 amide bonds. The molecule has 1 aromatic heterocycles. The Labute approximate surface area is 184 Å². The summed E-state index contributed by atoms with van der Waals surface area (Å²) in [5.74, 6) is 0.215. The summed E-state index contributed by atoms with van der Waals surface area (Å²) in [6, 6.07) is 12.3. The van der Waals surface area contributed by atoms with Crippen LogP contribution < -0.4 is 9.75 Å². The van der Waals surface area contributed by atoms with Crippen LogP contribution in [0.25, 0.3) is 17.3 Å². The Bertz CT molecular complexity index is 1160. The van der Waals surface area contributed by atoms with Crippen molar-refractivity contribution in [3.05, 3.63) is 71.4 Å². The van der Waals surface area contributed by atoms with E-state index < -0.39 is 24.1 Å². The topological polar surface area (TPSA) is 58.0 Å². The van der Waals surface area contributed by atoms with Crippen molar-refractivity contribution in [3.8, 4) is 17.0 Å². The minimum Gasteiger partial charge on any atom is -0.497 e. The van der Waals surface area contributed by atoms with E-state index in [0.29, 0.717) is 22.0 Å². The third kappa shape index (κ3) is 4.23. The first kappa shape index (κ1) is 22.0. The van der Waals surface area contributed by atoms with Gasteiger partial charge in [-0.2, -0.15) is 23.3 Å². The number of aliphatic hydroxyl groups is 1. The number of allylic oxidation sites excluding steroid dienone is 1. The van der Waals surface area contributed by atoms with Crippen LogP contribution in [0.3, 0.4) is 0 Å². The second-order valence-electron chi connectivity index (χ2n) is 7.02. The third-order valence-corrected chi connectivity index (χ3v) is 5.67. The fourth-order valence-electron chi connectivity index (χ4n) is 3.11. The van der Waals surface area contributed by atoms with Gasteiger partial charge in [0.1, 0.15) is 11.6 Å². The van der Waals surface area contributed by atoms with Gasteiger partial charge in [-0.3, -0.25) is 0 Å². The molecule has 1 aliphatic heterocycles. The van der Waals surface area contributed by atoms with E-state index in [-0.39, 0.29) is 10.8 Å². The van der Waals surface area contributed by atoms with Gasteiger partial charge in [0, 0.05) is 10.9 Å². The molecule has 1 unspecified atom stereocenters. The molecule has 32 heavy (non-hydrogen) atoms. The van der Waals surface area contributed by atoms with E-state index >= 15 is 0 Å². The predicted octanol–water partition coefficient (Wildman–Crippen LogP) is 5.49. The highest BCUT2D eigenvalue weighted by molar-refractivity contribution is 7.14. The second kappa shape index (κ2) is 8.36. The Morgan fingerprint density at radius 1 is 1.09 bits per heavy atom. The fraction of sp³-hybridized carbons (Fsp3) is 0.182. The Morgan fingerprint density at radius 3 is 2.41 bits per heavy atom. The van der Waals surface area contributed by atoms with Gasteiger partial charge in [0.15, 0.2) is 0 Å². The van der Waals surface area contributed by atoms with Crippen LogP contribution in [0, 0.1) is 5.82 Å². The number of rotatable bonds is 5. The second-order valence-corrected chi connectivity index (χ2v) is 7.86. The zero-order valence-corrected chi connectivity index (χ0v) is 17.5. The summed E-state index contributed by atoms with van der Waals surface area (Å²) >= 11 is 0.901. The molecule has 10 heteroatoms. The van der Waals surface area contributed by atoms with E-state index in [9.17, 15) is 22.7 Å². The van der Waals surface area contributed by atoms with Crippen LogP contribution in [0.1, 0.15) is 12.0 Å². The van der Waals surface area contributed by atoms with Crippen molar-refractivity contribution in [3.63, 3.8) is 0 Å². The zero-order chi connectivity index (χ0) is 22.9. The number of ether oxygens (including phenoxy) is 1. The van der Waals surface area contributed by atoms with E-state index in [1.807, 2.05) is 0 Å². The summed E-state index contributed by atoms with van der Waals surface area (Å²) in [5, 5.41) is 16.4. The smallest absolute Gasteiger partial charge is 0.438 e. The van der Waals surface area contributed by atoms with E-state index in [0.717, 1.165) is 16.9 Å². The number of hydrazone groups is 1. The normalized spacial score (nSPS) is 18.9. The highest BCUT2D eigenvalue weighted by atomic mass is 32.1. The number of aromatic nitrogens is 1. The fourth-order valence-corrected chi connectivity index (χ4v) is 3.96. The number of hydrogen-bond donors (Lipinski definition) is 1. The average molecular weight is 463 g/mol. The first-order chi connectivity index (χ1) is 15.2. The van der Waals surface area contributed by atoms with Gasteiger partial charge in [-0.05, 0) is 48.0 Å². The average Bonchev–Trinajstić information content (AvgIpc) is 3.38. The van der Waals surface area contributed by atoms with Crippen LogP contribution in [0.15, 0.2) is 65.1 Å². The lowest BCUT2D eigenvalue weighted by Gasteiger charge is -2.32. The number of halogens is 4. The van der Waals surface area contributed by atoms with Crippen molar-refractivity contribution in [1.29, 1.82) is 0 Å². The molecule has 2 heterocycles. The van der Waals surface area contributed by atoms with Crippen LogP contribution >= 0.6 is 11.3 Å². The standard InChI is InChI=1S/C22H17F4N3O2S/c1-31-18-10-3-14(4-11-18)2-9-17-12-21(30,22(24,25)26)29(28-17)20-27-19(13-32-20)15-5-7-16(23)8-6-15/h2-11,13,30H,12H2,1H3. The maximum absolute atomic E-state index is 13.8. The van der Waals surface area contributed by atoms with Crippen molar-refractivity contribution in [2.45, 2.75) is 18.3 Å². The maximum atomic E-state index is 13.8. The van der Waals surface area contributed by atoms with Crippen molar-refractivity contribution >= 4 is 28.3 Å². The van der Waals surface area contributed by atoms with Gasteiger partial charge in [0.2, 0.25) is 5.13 Å². The number of thiazole rings is 1. The quantitative estimate of drug-likeness (QED) is 0.509. The summed E-state index contributed by atoms with van der Waals surface area (Å²) in [6.45, 7) is 0.